The van der Waals surface area contributed by atoms with Crippen LogP contribution in [-0.4, -0.2) is 44.7 Å². The SMILES string of the molecule is CO[C@H]1C2=CC(CCOC(C)(C)OC(=O)c3ccc4c(c3)N(Cc3ccc(Cl)cc3CCCCO4)C[C@@H]3CC[C@H]31)C2. The lowest BCUT2D eigenvalue weighted by molar-refractivity contribution is -0.180. The third kappa shape index (κ3) is 6.30. The van der Waals surface area contributed by atoms with Crippen molar-refractivity contribution in [2.75, 3.05) is 31.8 Å². The molecule has 0 N–H and O–H groups in total. The molecule has 2 aromatic rings. The van der Waals surface area contributed by atoms with E-state index in [9.17, 15) is 4.79 Å². The Kier molecular flexibility index (Phi) is 8.35. The van der Waals surface area contributed by atoms with E-state index in [1.807, 2.05) is 45.2 Å². The Morgan fingerprint density at radius 1 is 1.02 bits per heavy atom. The maximum absolute atomic E-state index is 13.4. The first-order chi connectivity index (χ1) is 19.8. The van der Waals surface area contributed by atoms with Crippen LogP contribution >= 0.6 is 11.6 Å². The molecule has 1 fully saturated rings. The normalized spacial score (nSPS) is 28.1. The highest BCUT2D eigenvalue weighted by atomic mass is 35.5. The number of rotatable bonds is 1. The monoisotopic (exact) mass is 579 g/mol. The quantitative estimate of drug-likeness (QED) is 0.260. The Balaban J connectivity index is 1.41. The van der Waals surface area contributed by atoms with Crippen LogP contribution in [-0.2, 0) is 27.2 Å². The Morgan fingerprint density at radius 3 is 2.66 bits per heavy atom. The zero-order valence-corrected chi connectivity index (χ0v) is 25.3. The lowest BCUT2D eigenvalue weighted by atomic mass is 9.65. The van der Waals surface area contributed by atoms with E-state index in [2.05, 4.69) is 23.1 Å². The number of aryl methyl sites for hydroxylation is 1. The van der Waals surface area contributed by atoms with Crippen molar-refractivity contribution in [2.45, 2.75) is 77.2 Å². The van der Waals surface area contributed by atoms with Gasteiger partial charge in [-0.1, -0.05) is 23.7 Å². The molecule has 0 saturated heterocycles. The van der Waals surface area contributed by atoms with E-state index in [0.29, 0.717) is 43.1 Å². The average molecular weight is 580 g/mol. The Labute approximate surface area is 248 Å². The molecule has 2 aromatic carbocycles. The summed E-state index contributed by atoms with van der Waals surface area (Å²) in [6, 6.07) is 11.9. The number of halogens is 1. The molecule has 7 heteroatoms. The second kappa shape index (κ2) is 12.0. The molecule has 4 bridgehead atoms. The van der Waals surface area contributed by atoms with Crippen LogP contribution < -0.4 is 9.64 Å². The molecule has 1 saturated carbocycles. The summed E-state index contributed by atoms with van der Waals surface area (Å²) in [5.74, 6) is 0.807. The van der Waals surface area contributed by atoms with Gasteiger partial charge in [-0.3, -0.25) is 0 Å². The molecule has 3 heterocycles. The van der Waals surface area contributed by atoms with Gasteiger partial charge in [-0.15, -0.1) is 0 Å². The van der Waals surface area contributed by atoms with Gasteiger partial charge in [0.15, 0.2) is 0 Å². The standard InChI is InChI=1S/C34H42ClNO5/c1-34(2)40-15-13-22-16-27(17-22)32(38-3)29-11-8-26(29)21-36-20-25-7-10-28(35)18-23(25)6-4-5-14-39-31-12-9-24(19-30(31)36)33(37)41-34/h7,9-10,12,16,18-19,22,26,29,32H,4-6,8,11,13-15,17,20-21H2,1-3H3/t22?,26-,29+,32-/m0/s1. The summed E-state index contributed by atoms with van der Waals surface area (Å²) in [4.78, 5) is 15.8. The van der Waals surface area contributed by atoms with E-state index in [-0.39, 0.29) is 6.10 Å². The fourth-order valence-corrected chi connectivity index (χ4v) is 7.08. The number of fused-ring (bicyclic) bond motifs is 6. The maximum atomic E-state index is 13.4. The van der Waals surface area contributed by atoms with Crippen LogP contribution in [0.5, 0.6) is 5.75 Å². The molecule has 0 radical (unpaired) electrons. The highest BCUT2D eigenvalue weighted by molar-refractivity contribution is 6.30. The smallest absolute Gasteiger partial charge is 0.340 e. The number of benzene rings is 2. The van der Waals surface area contributed by atoms with E-state index >= 15 is 0 Å². The highest BCUT2D eigenvalue weighted by Gasteiger charge is 2.42. The largest absolute Gasteiger partial charge is 0.491 e. The number of carbonyl (C=O) groups is 1. The third-order valence-corrected chi connectivity index (χ3v) is 9.56. The number of esters is 1. The van der Waals surface area contributed by atoms with Crippen LogP contribution in [0.25, 0.3) is 0 Å². The predicted octanol–water partition coefficient (Wildman–Crippen LogP) is 7.36. The van der Waals surface area contributed by atoms with Crippen LogP contribution in [0, 0.1) is 17.8 Å². The molecule has 6 nitrogen and oxygen atoms in total. The third-order valence-electron chi connectivity index (χ3n) is 9.33. The minimum Gasteiger partial charge on any atom is -0.491 e. The molecule has 0 aromatic heterocycles. The average Bonchev–Trinajstić information content (AvgIpc) is 2.93. The summed E-state index contributed by atoms with van der Waals surface area (Å²) < 4.78 is 24.4. The molecule has 3 aliphatic heterocycles. The Bertz CT molecular complexity index is 1310. The summed E-state index contributed by atoms with van der Waals surface area (Å²) in [7, 11) is 1.86. The minimum atomic E-state index is -1.03. The van der Waals surface area contributed by atoms with E-state index < -0.39 is 11.8 Å². The van der Waals surface area contributed by atoms with Crippen molar-refractivity contribution in [3.63, 3.8) is 0 Å². The number of allylic oxidation sites excluding steroid dienone is 1. The maximum Gasteiger partial charge on any atom is 0.340 e. The summed E-state index contributed by atoms with van der Waals surface area (Å²) >= 11 is 6.44. The van der Waals surface area contributed by atoms with Gasteiger partial charge < -0.3 is 23.8 Å². The van der Waals surface area contributed by atoms with Crippen LogP contribution in [0.15, 0.2) is 48.0 Å². The minimum absolute atomic E-state index is 0.153. The van der Waals surface area contributed by atoms with Gasteiger partial charge in [0.2, 0.25) is 5.79 Å². The molecule has 0 spiro atoms. The molecule has 220 valence electrons. The van der Waals surface area contributed by atoms with Crippen molar-refractivity contribution in [2.24, 2.45) is 17.8 Å². The van der Waals surface area contributed by atoms with Gasteiger partial charge in [0.05, 0.1) is 30.6 Å². The van der Waals surface area contributed by atoms with Gasteiger partial charge in [-0.25, -0.2) is 4.79 Å². The van der Waals surface area contributed by atoms with E-state index in [1.54, 1.807) is 0 Å². The Hall–Kier alpha value is -2.54. The Morgan fingerprint density at radius 2 is 1.88 bits per heavy atom. The highest BCUT2D eigenvalue weighted by Crippen LogP contribution is 2.46. The van der Waals surface area contributed by atoms with Gasteiger partial charge in [0.1, 0.15) is 5.75 Å². The van der Waals surface area contributed by atoms with Crippen LogP contribution in [0.1, 0.15) is 73.9 Å². The summed E-state index contributed by atoms with van der Waals surface area (Å²) in [6.07, 6.45) is 9.73. The molecule has 4 atom stereocenters. The van der Waals surface area contributed by atoms with Gasteiger partial charge in [0.25, 0.3) is 0 Å². The first-order valence-corrected chi connectivity index (χ1v) is 15.6. The van der Waals surface area contributed by atoms with Crippen molar-refractivity contribution in [3.8, 4) is 5.75 Å². The van der Waals surface area contributed by atoms with Crippen molar-refractivity contribution >= 4 is 23.3 Å². The topological polar surface area (TPSA) is 57.2 Å². The van der Waals surface area contributed by atoms with Gasteiger partial charge in [-0.2, -0.15) is 0 Å². The molecule has 0 amide bonds. The van der Waals surface area contributed by atoms with Crippen LogP contribution in [0.4, 0.5) is 5.69 Å². The molecule has 2 aliphatic carbocycles. The van der Waals surface area contributed by atoms with E-state index in [4.69, 9.17) is 30.5 Å². The molecular formula is C34H42ClNO5. The fourth-order valence-electron chi connectivity index (χ4n) is 6.89. The van der Waals surface area contributed by atoms with Crippen LogP contribution in [0.2, 0.25) is 5.02 Å². The first-order valence-electron chi connectivity index (χ1n) is 15.2. The van der Waals surface area contributed by atoms with Crippen LogP contribution in [0.3, 0.4) is 0 Å². The van der Waals surface area contributed by atoms with Crippen molar-refractivity contribution < 1.29 is 23.7 Å². The molecule has 41 heavy (non-hydrogen) atoms. The number of hydrogen-bond donors (Lipinski definition) is 0. The van der Waals surface area contributed by atoms with E-state index in [1.165, 1.54) is 16.7 Å². The van der Waals surface area contributed by atoms with Gasteiger partial charge in [0, 0.05) is 39.1 Å². The van der Waals surface area contributed by atoms with Crippen molar-refractivity contribution in [3.05, 3.63) is 69.8 Å². The predicted molar refractivity (Wildman–Crippen MR) is 161 cm³/mol. The molecule has 5 aliphatic rings. The molecular weight excluding hydrogens is 538 g/mol. The second-order valence-electron chi connectivity index (χ2n) is 12.6. The van der Waals surface area contributed by atoms with Crippen molar-refractivity contribution in [1.82, 2.24) is 0 Å². The number of nitrogens with zero attached hydrogens (tertiary/aromatic N) is 1. The summed E-state index contributed by atoms with van der Waals surface area (Å²) in [5, 5.41) is 0.767. The molecule has 1 unspecified atom stereocenters. The van der Waals surface area contributed by atoms with Crippen molar-refractivity contribution in [1.29, 1.82) is 0 Å². The zero-order chi connectivity index (χ0) is 28.6. The number of hydrogen-bond acceptors (Lipinski definition) is 6. The lowest BCUT2D eigenvalue weighted by Gasteiger charge is -2.46. The number of methoxy groups -OCH3 is 1. The number of anilines is 1. The fraction of sp³-hybridized carbons (Fsp3) is 0.559. The van der Waals surface area contributed by atoms with E-state index in [0.717, 1.165) is 68.0 Å². The summed E-state index contributed by atoms with van der Waals surface area (Å²) in [5.41, 5.74) is 5.39. The number of carbonyl (C=O) groups excluding carboxylic acids is 1. The zero-order valence-electron chi connectivity index (χ0n) is 24.5. The van der Waals surface area contributed by atoms with Gasteiger partial charge >= 0.3 is 5.97 Å². The second-order valence-corrected chi connectivity index (χ2v) is 13.0. The number of ether oxygens (including phenoxy) is 4. The lowest BCUT2D eigenvalue weighted by Crippen LogP contribution is -2.45. The van der Waals surface area contributed by atoms with Gasteiger partial charge in [-0.05, 0) is 110 Å². The molecule has 7 rings (SSSR count). The summed E-state index contributed by atoms with van der Waals surface area (Å²) in [6.45, 7) is 6.33. The first kappa shape index (κ1) is 28.6.